The van der Waals surface area contributed by atoms with Gasteiger partial charge in [-0.2, -0.15) is 9.61 Å². The fourth-order valence-corrected chi connectivity index (χ4v) is 2.90. The van der Waals surface area contributed by atoms with E-state index in [4.69, 9.17) is 4.74 Å². The van der Waals surface area contributed by atoms with E-state index in [2.05, 4.69) is 40.1 Å². The van der Waals surface area contributed by atoms with Crippen LogP contribution in [0.15, 0.2) is 12.4 Å². The monoisotopic (exact) mass is 289 g/mol. The van der Waals surface area contributed by atoms with Crippen molar-refractivity contribution in [3.63, 3.8) is 0 Å². The molecule has 0 radical (unpaired) electrons. The zero-order valence-corrected chi connectivity index (χ0v) is 13.0. The molecule has 6 nitrogen and oxygen atoms in total. The van der Waals surface area contributed by atoms with Crippen molar-refractivity contribution in [1.29, 1.82) is 0 Å². The molecule has 3 rings (SSSR count). The van der Waals surface area contributed by atoms with Gasteiger partial charge in [0.25, 0.3) is 0 Å². The first-order valence-corrected chi connectivity index (χ1v) is 7.76. The van der Waals surface area contributed by atoms with Crippen LogP contribution in [0.4, 0.5) is 5.69 Å². The first-order valence-electron chi connectivity index (χ1n) is 7.76. The Hall–Kier alpha value is -1.69. The van der Waals surface area contributed by atoms with E-state index in [1.54, 1.807) is 10.8 Å². The zero-order chi connectivity index (χ0) is 14.8. The van der Waals surface area contributed by atoms with Gasteiger partial charge in [0.05, 0.1) is 24.0 Å². The van der Waals surface area contributed by atoms with Crippen molar-refractivity contribution < 1.29 is 4.74 Å². The van der Waals surface area contributed by atoms with Crippen LogP contribution in [0.25, 0.3) is 5.65 Å². The Kier molecular flexibility index (Phi) is 4.05. The number of nitrogens with zero attached hydrogens (tertiary/aromatic N) is 5. The van der Waals surface area contributed by atoms with Gasteiger partial charge in [0.2, 0.25) is 5.65 Å². The molecule has 1 aliphatic rings. The predicted octanol–water partition coefficient (Wildman–Crippen LogP) is 2.25. The average molecular weight is 289 g/mol. The fraction of sp³-hybridized carbons (Fsp3) is 0.667. The molecule has 3 heterocycles. The molecule has 0 saturated carbocycles. The van der Waals surface area contributed by atoms with Gasteiger partial charge < -0.3 is 9.64 Å². The smallest absolute Gasteiger partial charge is 0.200 e. The van der Waals surface area contributed by atoms with Gasteiger partial charge in [-0.25, -0.2) is 0 Å². The van der Waals surface area contributed by atoms with Gasteiger partial charge in [-0.15, -0.1) is 10.2 Å². The summed E-state index contributed by atoms with van der Waals surface area (Å²) in [6, 6.07) is 2.59. The minimum Gasteiger partial charge on any atom is -0.380 e. The number of aromatic nitrogens is 4. The van der Waals surface area contributed by atoms with Crippen LogP contribution in [-0.4, -0.2) is 45.6 Å². The maximum atomic E-state index is 5.64. The van der Waals surface area contributed by atoms with Gasteiger partial charge >= 0.3 is 0 Å². The Labute approximate surface area is 125 Å². The summed E-state index contributed by atoms with van der Waals surface area (Å²) >= 11 is 0. The summed E-state index contributed by atoms with van der Waals surface area (Å²) in [4.78, 5) is 2.41. The molecule has 114 valence electrons. The molecule has 6 heteroatoms. The first kappa shape index (κ1) is 14.3. The molecule has 2 aromatic rings. The second-order valence-corrected chi connectivity index (χ2v) is 5.86. The van der Waals surface area contributed by atoms with Crippen LogP contribution >= 0.6 is 0 Å². The number of hydrogen-bond donors (Lipinski definition) is 0. The van der Waals surface area contributed by atoms with E-state index in [1.807, 2.05) is 6.92 Å². The molecule has 1 aliphatic heterocycles. The lowest BCUT2D eigenvalue weighted by Crippen LogP contribution is -2.33. The van der Waals surface area contributed by atoms with Gasteiger partial charge in [0.15, 0.2) is 0 Å². The van der Waals surface area contributed by atoms with E-state index >= 15 is 0 Å². The molecule has 0 aromatic carbocycles. The predicted molar refractivity (Wildman–Crippen MR) is 81.7 cm³/mol. The van der Waals surface area contributed by atoms with Crippen LogP contribution in [0, 0.1) is 0 Å². The number of rotatable bonds is 5. The highest BCUT2D eigenvalue weighted by Crippen LogP contribution is 2.30. The SMILES string of the molecule is CCOCC1CCCN1c1cc(C(C)C)nn2cnnc12. The fourth-order valence-electron chi connectivity index (χ4n) is 2.90. The van der Waals surface area contributed by atoms with Crippen LogP contribution in [-0.2, 0) is 4.74 Å². The third-order valence-corrected chi connectivity index (χ3v) is 4.06. The van der Waals surface area contributed by atoms with E-state index in [0.717, 1.165) is 36.8 Å². The highest BCUT2D eigenvalue weighted by Gasteiger charge is 2.27. The minimum atomic E-state index is 0.378. The van der Waals surface area contributed by atoms with Gasteiger partial charge in [-0.05, 0) is 31.7 Å². The maximum Gasteiger partial charge on any atom is 0.200 e. The highest BCUT2D eigenvalue weighted by molar-refractivity contribution is 5.69. The summed E-state index contributed by atoms with van der Waals surface area (Å²) in [6.07, 6.45) is 4.04. The second kappa shape index (κ2) is 5.97. The van der Waals surface area contributed by atoms with Crippen molar-refractivity contribution in [2.75, 3.05) is 24.7 Å². The maximum absolute atomic E-state index is 5.64. The van der Waals surface area contributed by atoms with E-state index in [1.165, 1.54) is 12.8 Å². The Morgan fingerprint density at radius 2 is 2.29 bits per heavy atom. The van der Waals surface area contributed by atoms with E-state index < -0.39 is 0 Å². The Morgan fingerprint density at radius 1 is 1.43 bits per heavy atom. The van der Waals surface area contributed by atoms with Crippen molar-refractivity contribution in [1.82, 2.24) is 19.8 Å². The molecule has 21 heavy (non-hydrogen) atoms. The van der Waals surface area contributed by atoms with Crippen LogP contribution in [0.1, 0.15) is 45.2 Å². The summed E-state index contributed by atoms with van der Waals surface area (Å²) < 4.78 is 7.43. The molecule has 2 aromatic heterocycles. The zero-order valence-electron chi connectivity index (χ0n) is 13.0. The van der Waals surface area contributed by atoms with Crippen molar-refractivity contribution >= 4 is 11.3 Å². The molecule has 0 spiro atoms. The van der Waals surface area contributed by atoms with Crippen LogP contribution < -0.4 is 4.90 Å². The summed E-state index contributed by atoms with van der Waals surface area (Å²) in [5.74, 6) is 0.378. The average Bonchev–Trinajstić information content (AvgIpc) is 3.12. The lowest BCUT2D eigenvalue weighted by molar-refractivity contribution is 0.134. The molecule has 1 fully saturated rings. The Bertz CT molecular complexity index is 609. The topological polar surface area (TPSA) is 55.5 Å². The summed E-state index contributed by atoms with van der Waals surface area (Å²) in [6.45, 7) is 8.93. The molecule has 0 aliphatic carbocycles. The Balaban J connectivity index is 1.99. The van der Waals surface area contributed by atoms with Crippen LogP contribution in [0.5, 0.6) is 0 Å². The second-order valence-electron chi connectivity index (χ2n) is 5.86. The number of hydrogen-bond acceptors (Lipinski definition) is 5. The molecule has 0 N–H and O–H groups in total. The third kappa shape index (κ3) is 2.72. The lowest BCUT2D eigenvalue weighted by atomic mass is 10.1. The first-order chi connectivity index (χ1) is 10.2. The highest BCUT2D eigenvalue weighted by atomic mass is 16.5. The van der Waals surface area contributed by atoms with E-state index in [0.29, 0.717) is 12.0 Å². The molecule has 0 amide bonds. The standard InChI is InChI=1S/C15H23N5O/c1-4-21-9-12-6-5-7-19(12)14-8-13(11(2)3)18-20-10-16-17-15(14)20/h8,10-12H,4-7,9H2,1-3H3. The minimum absolute atomic E-state index is 0.378. The van der Waals surface area contributed by atoms with Crippen molar-refractivity contribution in [2.45, 2.75) is 45.6 Å². The normalized spacial score (nSPS) is 19.0. The van der Waals surface area contributed by atoms with Crippen molar-refractivity contribution in [3.8, 4) is 0 Å². The molecule has 1 atom stereocenters. The van der Waals surface area contributed by atoms with E-state index in [9.17, 15) is 0 Å². The molecular weight excluding hydrogens is 266 g/mol. The largest absolute Gasteiger partial charge is 0.380 e. The van der Waals surface area contributed by atoms with Gasteiger partial charge in [-0.3, -0.25) is 0 Å². The number of anilines is 1. The Morgan fingerprint density at radius 3 is 3.05 bits per heavy atom. The summed E-state index contributed by atoms with van der Waals surface area (Å²) in [5, 5.41) is 12.8. The van der Waals surface area contributed by atoms with Crippen molar-refractivity contribution in [2.24, 2.45) is 0 Å². The van der Waals surface area contributed by atoms with Gasteiger partial charge in [0.1, 0.15) is 6.33 Å². The van der Waals surface area contributed by atoms with Gasteiger partial charge in [0, 0.05) is 13.2 Å². The molecule has 1 unspecified atom stereocenters. The van der Waals surface area contributed by atoms with Crippen molar-refractivity contribution in [3.05, 3.63) is 18.1 Å². The number of fused-ring (bicyclic) bond motifs is 1. The lowest BCUT2D eigenvalue weighted by Gasteiger charge is -2.27. The van der Waals surface area contributed by atoms with Crippen LogP contribution in [0.2, 0.25) is 0 Å². The molecule has 1 saturated heterocycles. The van der Waals surface area contributed by atoms with E-state index in [-0.39, 0.29) is 0 Å². The quantitative estimate of drug-likeness (QED) is 0.845. The molecule has 0 bridgehead atoms. The molecular formula is C15H23N5O. The summed E-state index contributed by atoms with van der Waals surface area (Å²) in [5.41, 5.74) is 3.04. The van der Waals surface area contributed by atoms with Crippen LogP contribution in [0.3, 0.4) is 0 Å². The number of ether oxygens (including phenoxy) is 1. The summed E-state index contributed by atoms with van der Waals surface area (Å²) in [7, 11) is 0. The van der Waals surface area contributed by atoms with Gasteiger partial charge in [-0.1, -0.05) is 13.8 Å². The third-order valence-electron chi connectivity index (χ3n) is 4.06.